The first-order valence-corrected chi connectivity index (χ1v) is 6.07. The van der Waals surface area contributed by atoms with Crippen LogP contribution in [-0.4, -0.2) is 44.1 Å². The fourth-order valence-electron chi connectivity index (χ4n) is 1.41. The summed E-state index contributed by atoms with van der Waals surface area (Å²) in [6.45, 7) is 2.82. The molecule has 0 atom stereocenters. The highest BCUT2D eigenvalue weighted by molar-refractivity contribution is 5.93. The SMILES string of the molecule is CCOC(=O)c1ccc(N)cc1OCCOCCO. The molecule has 3 N–H and O–H groups in total. The lowest BCUT2D eigenvalue weighted by atomic mass is 10.2. The Bertz CT molecular complexity index is 408. The van der Waals surface area contributed by atoms with Gasteiger partial charge in [0.05, 0.1) is 26.4 Å². The van der Waals surface area contributed by atoms with E-state index >= 15 is 0 Å². The van der Waals surface area contributed by atoms with E-state index in [2.05, 4.69) is 0 Å². The van der Waals surface area contributed by atoms with Gasteiger partial charge in [0, 0.05) is 11.8 Å². The number of anilines is 1. The molecule has 0 fully saturated rings. The van der Waals surface area contributed by atoms with Crippen LogP contribution in [0, 0.1) is 0 Å². The number of carbonyl (C=O) groups is 1. The van der Waals surface area contributed by atoms with E-state index in [4.69, 9.17) is 25.1 Å². The number of nitrogen functional groups attached to an aromatic ring is 1. The third-order valence-electron chi connectivity index (χ3n) is 2.22. The second kappa shape index (κ2) is 8.34. The zero-order valence-electron chi connectivity index (χ0n) is 10.9. The van der Waals surface area contributed by atoms with Gasteiger partial charge in [-0.25, -0.2) is 4.79 Å². The molecule has 0 saturated carbocycles. The van der Waals surface area contributed by atoms with Crippen molar-refractivity contribution in [3.63, 3.8) is 0 Å². The van der Waals surface area contributed by atoms with Crippen molar-refractivity contribution in [2.75, 3.05) is 38.8 Å². The second-order valence-electron chi connectivity index (χ2n) is 3.66. The number of aliphatic hydroxyl groups excluding tert-OH is 1. The van der Waals surface area contributed by atoms with E-state index in [1.807, 2.05) is 0 Å². The van der Waals surface area contributed by atoms with E-state index in [1.165, 1.54) is 0 Å². The number of carbonyl (C=O) groups excluding carboxylic acids is 1. The van der Waals surface area contributed by atoms with E-state index in [0.29, 0.717) is 30.2 Å². The molecule has 0 saturated heterocycles. The normalized spacial score (nSPS) is 10.2. The lowest BCUT2D eigenvalue weighted by Crippen LogP contribution is -2.12. The highest BCUT2D eigenvalue weighted by Crippen LogP contribution is 2.22. The number of nitrogens with two attached hydrogens (primary N) is 1. The van der Waals surface area contributed by atoms with Crippen LogP contribution in [0.3, 0.4) is 0 Å². The zero-order valence-corrected chi connectivity index (χ0v) is 10.9. The predicted molar refractivity (Wildman–Crippen MR) is 70.2 cm³/mol. The number of benzene rings is 1. The summed E-state index contributed by atoms with van der Waals surface area (Å²) in [6, 6.07) is 4.75. The Morgan fingerprint density at radius 2 is 2.11 bits per heavy atom. The van der Waals surface area contributed by atoms with Crippen LogP contribution in [0.2, 0.25) is 0 Å². The maximum atomic E-state index is 11.7. The summed E-state index contributed by atoms with van der Waals surface area (Å²) >= 11 is 0. The van der Waals surface area contributed by atoms with Crippen molar-refractivity contribution in [3.05, 3.63) is 23.8 Å². The molecule has 106 valence electrons. The van der Waals surface area contributed by atoms with Crippen molar-refractivity contribution in [1.82, 2.24) is 0 Å². The molecular formula is C13H19NO5. The Labute approximate surface area is 112 Å². The molecule has 6 heteroatoms. The van der Waals surface area contributed by atoms with Crippen LogP contribution in [0.25, 0.3) is 0 Å². The zero-order chi connectivity index (χ0) is 14.1. The maximum Gasteiger partial charge on any atom is 0.341 e. The largest absolute Gasteiger partial charge is 0.490 e. The van der Waals surface area contributed by atoms with Crippen LogP contribution in [0.15, 0.2) is 18.2 Å². The fraction of sp³-hybridized carbons (Fsp3) is 0.462. The van der Waals surface area contributed by atoms with Gasteiger partial charge in [0.15, 0.2) is 0 Å². The standard InChI is InChI=1S/C13H19NO5/c1-2-18-13(16)11-4-3-10(14)9-12(11)19-8-7-17-6-5-15/h3-4,9,15H,2,5-8,14H2,1H3. The van der Waals surface area contributed by atoms with Crippen LogP contribution < -0.4 is 10.5 Å². The molecule has 0 bridgehead atoms. The third-order valence-corrected chi connectivity index (χ3v) is 2.22. The number of hydrogen-bond donors (Lipinski definition) is 2. The van der Waals surface area contributed by atoms with Crippen LogP contribution in [0.4, 0.5) is 5.69 Å². The Balaban J connectivity index is 2.63. The van der Waals surface area contributed by atoms with Crippen LogP contribution in [0.5, 0.6) is 5.75 Å². The van der Waals surface area contributed by atoms with E-state index in [9.17, 15) is 4.79 Å². The summed E-state index contributed by atoms with van der Waals surface area (Å²) in [5, 5.41) is 8.55. The molecule has 0 aliphatic heterocycles. The quantitative estimate of drug-likeness (QED) is 0.413. The van der Waals surface area contributed by atoms with Crippen molar-refractivity contribution < 1.29 is 24.1 Å². The molecule has 1 rings (SSSR count). The van der Waals surface area contributed by atoms with Crippen molar-refractivity contribution >= 4 is 11.7 Å². The van der Waals surface area contributed by atoms with Crippen LogP contribution in [-0.2, 0) is 9.47 Å². The minimum absolute atomic E-state index is 0.0354. The first-order valence-electron chi connectivity index (χ1n) is 6.07. The molecule has 0 aromatic heterocycles. The minimum atomic E-state index is -0.450. The number of esters is 1. The van der Waals surface area contributed by atoms with Gasteiger partial charge in [-0.2, -0.15) is 0 Å². The Hall–Kier alpha value is -1.79. The number of rotatable bonds is 8. The van der Waals surface area contributed by atoms with Gasteiger partial charge in [-0.3, -0.25) is 0 Å². The van der Waals surface area contributed by atoms with Crippen molar-refractivity contribution in [2.45, 2.75) is 6.92 Å². The lowest BCUT2D eigenvalue weighted by Gasteiger charge is -2.11. The van der Waals surface area contributed by atoms with Crippen molar-refractivity contribution in [3.8, 4) is 5.75 Å². The number of aliphatic hydroxyl groups is 1. The smallest absolute Gasteiger partial charge is 0.341 e. The molecule has 0 radical (unpaired) electrons. The monoisotopic (exact) mass is 269 g/mol. The molecule has 0 spiro atoms. The van der Waals surface area contributed by atoms with Crippen molar-refractivity contribution in [1.29, 1.82) is 0 Å². The van der Waals surface area contributed by atoms with Gasteiger partial charge >= 0.3 is 5.97 Å². The molecular weight excluding hydrogens is 250 g/mol. The molecule has 19 heavy (non-hydrogen) atoms. The van der Waals surface area contributed by atoms with E-state index in [1.54, 1.807) is 25.1 Å². The summed E-state index contributed by atoms with van der Waals surface area (Å²) in [7, 11) is 0. The first-order chi connectivity index (χ1) is 9.19. The van der Waals surface area contributed by atoms with Crippen LogP contribution >= 0.6 is 0 Å². The Kier molecular flexibility index (Phi) is 6.70. The third kappa shape index (κ3) is 5.15. The topological polar surface area (TPSA) is 91.0 Å². The van der Waals surface area contributed by atoms with Gasteiger partial charge in [0.1, 0.15) is 17.9 Å². The lowest BCUT2D eigenvalue weighted by molar-refractivity contribution is 0.0513. The molecule has 6 nitrogen and oxygen atoms in total. The summed E-state index contributed by atoms with van der Waals surface area (Å²) in [6.07, 6.45) is 0. The van der Waals surface area contributed by atoms with Gasteiger partial charge in [-0.15, -0.1) is 0 Å². The van der Waals surface area contributed by atoms with Crippen LogP contribution in [0.1, 0.15) is 17.3 Å². The maximum absolute atomic E-state index is 11.7. The number of hydrogen-bond acceptors (Lipinski definition) is 6. The van der Waals surface area contributed by atoms with Gasteiger partial charge in [0.25, 0.3) is 0 Å². The highest BCUT2D eigenvalue weighted by Gasteiger charge is 2.13. The van der Waals surface area contributed by atoms with Crippen molar-refractivity contribution in [2.24, 2.45) is 0 Å². The summed E-state index contributed by atoms with van der Waals surface area (Å²) < 4.78 is 15.4. The molecule has 1 aromatic carbocycles. The molecule has 0 aliphatic carbocycles. The molecule has 0 heterocycles. The summed E-state index contributed by atoms with van der Waals surface area (Å²) in [4.78, 5) is 11.7. The predicted octanol–water partition coefficient (Wildman–Crippen LogP) is 0.833. The Morgan fingerprint density at radius 3 is 2.79 bits per heavy atom. The fourth-order valence-corrected chi connectivity index (χ4v) is 1.41. The Morgan fingerprint density at radius 1 is 1.32 bits per heavy atom. The summed E-state index contributed by atoms with van der Waals surface area (Å²) in [5.41, 5.74) is 6.49. The molecule has 0 aliphatic rings. The van der Waals surface area contributed by atoms with Gasteiger partial charge in [-0.1, -0.05) is 0 Å². The van der Waals surface area contributed by atoms with Gasteiger partial charge < -0.3 is 25.1 Å². The van der Waals surface area contributed by atoms with E-state index in [-0.39, 0.29) is 19.8 Å². The van der Waals surface area contributed by atoms with E-state index < -0.39 is 5.97 Å². The summed E-state index contributed by atoms with van der Waals surface area (Å²) in [5.74, 6) is -0.0835. The molecule has 0 amide bonds. The minimum Gasteiger partial charge on any atom is -0.490 e. The highest BCUT2D eigenvalue weighted by atomic mass is 16.5. The van der Waals surface area contributed by atoms with E-state index in [0.717, 1.165) is 0 Å². The van der Waals surface area contributed by atoms with Gasteiger partial charge in [-0.05, 0) is 19.1 Å². The average molecular weight is 269 g/mol. The number of ether oxygens (including phenoxy) is 3. The molecule has 0 unspecified atom stereocenters. The van der Waals surface area contributed by atoms with Gasteiger partial charge in [0.2, 0.25) is 0 Å². The second-order valence-corrected chi connectivity index (χ2v) is 3.66. The average Bonchev–Trinajstić information content (AvgIpc) is 2.39. The first kappa shape index (κ1) is 15.3. The molecule has 1 aromatic rings.